The number of carbonyl (C=O) groups is 2. The molecular weight excluding hydrogens is 546 g/mol. The summed E-state index contributed by atoms with van der Waals surface area (Å²) in [4.78, 5) is 26.9. The van der Waals surface area contributed by atoms with Gasteiger partial charge in [0.25, 0.3) is 10.0 Å². The van der Waals surface area contributed by atoms with E-state index in [0.29, 0.717) is 11.6 Å². The molecule has 0 unspecified atom stereocenters. The smallest absolute Gasteiger partial charge is 0.395 e. The second kappa shape index (κ2) is 10.4. The second-order valence-corrected chi connectivity index (χ2v) is 10.2. The average Bonchev–Trinajstić information content (AvgIpc) is 3.14. The minimum absolute atomic E-state index is 0.0216. The van der Waals surface area contributed by atoms with Crippen molar-refractivity contribution < 1.29 is 45.0 Å². The standard InChI is InChI=1S/C25H21F4N3O6S/c1-14-5-3-4-6-22(14)39(35,36)31-24(34)30-19(11-15-9-16(26)12-17(27)10-15)23(33)32(2)18-7-8-20-21(13-18)38-25(28,29)37-20/h3-10,12-13,19H,11H2,1-2H3,(H2,30,31,34)/t19-/m0/s1. The molecule has 0 saturated heterocycles. The lowest BCUT2D eigenvalue weighted by molar-refractivity contribution is -0.286. The van der Waals surface area contributed by atoms with Crippen LogP contribution in [-0.4, -0.2) is 39.7 Å². The van der Waals surface area contributed by atoms with E-state index in [0.717, 1.165) is 29.2 Å². The van der Waals surface area contributed by atoms with Crippen molar-refractivity contribution in [2.75, 3.05) is 11.9 Å². The molecule has 1 aliphatic rings. The molecule has 0 aromatic heterocycles. The zero-order valence-corrected chi connectivity index (χ0v) is 21.2. The monoisotopic (exact) mass is 567 g/mol. The average molecular weight is 568 g/mol. The molecule has 1 atom stereocenters. The third-order valence-electron chi connectivity index (χ3n) is 5.68. The fraction of sp³-hybridized carbons (Fsp3) is 0.200. The first-order valence-electron chi connectivity index (χ1n) is 11.3. The number of fused-ring (bicyclic) bond motifs is 1. The van der Waals surface area contributed by atoms with Crippen molar-refractivity contribution in [1.82, 2.24) is 10.0 Å². The predicted octanol–water partition coefficient (Wildman–Crippen LogP) is 3.86. The number of aryl methyl sites for hydroxylation is 1. The summed E-state index contributed by atoms with van der Waals surface area (Å²) < 4.78 is 90.4. The normalized spacial score (nSPS) is 14.4. The van der Waals surface area contributed by atoms with E-state index in [1.807, 2.05) is 4.72 Å². The number of urea groups is 1. The van der Waals surface area contributed by atoms with Crippen molar-refractivity contribution in [2.24, 2.45) is 0 Å². The first-order valence-corrected chi connectivity index (χ1v) is 12.7. The number of alkyl halides is 2. The van der Waals surface area contributed by atoms with Crippen LogP contribution in [0.5, 0.6) is 11.5 Å². The molecule has 2 N–H and O–H groups in total. The Kier molecular flexibility index (Phi) is 7.41. The minimum atomic E-state index is -4.35. The molecule has 1 aliphatic heterocycles. The highest BCUT2D eigenvalue weighted by atomic mass is 32.2. The van der Waals surface area contributed by atoms with Gasteiger partial charge in [0.2, 0.25) is 5.91 Å². The summed E-state index contributed by atoms with van der Waals surface area (Å²) in [6, 6.07) is 9.03. The Hall–Kier alpha value is -4.33. The van der Waals surface area contributed by atoms with Gasteiger partial charge in [0.1, 0.15) is 17.7 Å². The highest BCUT2D eigenvalue weighted by molar-refractivity contribution is 7.90. The number of amides is 3. The van der Waals surface area contributed by atoms with Gasteiger partial charge in [-0.25, -0.2) is 26.7 Å². The number of sulfonamides is 1. The maximum atomic E-state index is 13.8. The number of nitrogens with one attached hydrogen (secondary N) is 2. The molecule has 4 rings (SSSR count). The highest BCUT2D eigenvalue weighted by Gasteiger charge is 2.43. The van der Waals surface area contributed by atoms with Gasteiger partial charge in [0, 0.05) is 31.3 Å². The fourth-order valence-corrected chi connectivity index (χ4v) is 5.06. The van der Waals surface area contributed by atoms with Crippen LogP contribution in [0.1, 0.15) is 11.1 Å². The summed E-state index contributed by atoms with van der Waals surface area (Å²) in [6.45, 7) is 1.52. The molecule has 3 amide bonds. The van der Waals surface area contributed by atoms with Gasteiger partial charge < -0.3 is 19.7 Å². The molecule has 0 radical (unpaired) electrons. The van der Waals surface area contributed by atoms with E-state index in [2.05, 4.69) is 14.8 Å². The number of hydrogen-bond acceptors (Lipinski definition) is 6. The third kappa shape index (κ3) is 6.39. The number of likely N-dealkylation sites (N-methyl/N-ethyl adjacent to an activating group) is 1. The zero-order valence-electron chi connectivity index (χ0n) is 20.4. The highest BCUT2D eigenvalue weighted by Crippen LogP contribution is 2.42. The molecule has 14 heteroatoms. The Labute approximate surface area is 220 Å². The van der Waals surface area contributed by atoms with E-state index in [9.17, 15) is 35.6 Å². The Morgan fingerprint density at radius 1 is 0.974 bits per heavy atom. The van der Waals surface area contributed by atoms with E-state index >= 15 is 0 Å². The molecule has 9 nitrogen and oxygen atoms in total. The van der Waals surface area contributed by atoms with Crippen LogP contribution in [0.25, 0.3) is 0 Å². The van der Waals surface area contributed by atoms with Gasteiger partial charge in [0.05, 0.1) is 4.90 Å². The summed E-state index contributed by atoms with van der Waals surface area (Å²) in [5.74, 6) is -3.36. The molecule has 0 fully saturated rings. The molecular formula is C25H21F4N3O6S. The Morgan fingerprint density at radius 2 is 1.62 bits per heavy atom. The number of anilines is 1. The van der Waals surface area contributed by atoms with Crippen LogP contribution in [0.15, 0.2) is 65.6 Å². The largest absolute Gasteiger partial charge is 0.586 e. The van der Waals surface area contributed by atoms with Gasteiger partial charge in [-0.15, -0.1) is 8.78 Å². The van der Waals surface area contributed by atoms with Crippen LogP contribution in [0.4, 0.5) is 28.0 Å². The third-order valence-corrected chi connectivity index (χ3v) is 7.17. The van der Waals surface area contributed by atoms with E-state index in [1.165, 1.54) is 38.2 Å². The van der Waals surface area contributed by atoms with Crippen molar-refractivity contribution in [3.05, 3.63) is 83.4 Å². The number of nitrogens with zero attached hydrogens (tertiary/aromatic N) is 1. The van der Waals surface area contributed by atoms with E-state index in [1.54, 1.807) is 6.07 Å². The van der Waals surface area contributed by atoms with Gasteiger partial charge in [0.15, 0.2) is 11.5 Å². The Bertz CT molecular complexity index is 1530. The maximum absolute atomic E-state index is 13.8. The molecule has 0 aliphatic carbocycles. The first-order chi connectivity index (χ1) is 18.2. The van der Waals surface area contributed by atoms with Gasteiger partial charge in [-0.1, -0.05) is 18.2 Å². The maximum Gasteiger partial charge on any atom is 0.586 e. The molecule has 0 spiro atoms. The van der Waals surface area contributed by atoms with Gasteiger partial charge in [-0.2, -0.15) is 0 Å². The fourth-order valence-electron chi connectivity index (χ4n) is 3.89. The molecule has 206 valence electrons. The van der Waals surface area contributed by atoms with Crippen molar-refractivity contribution in [3.63, 3.8) is 0 Å². The van der Waals surface area contributed by atoms with Crippen LogP contribution in [0.3, 0.4) is 0 Å². The quantitative estimate of drug-likeness (QED) is 0.420. The van der Waals surface area contributed by atoms with Crippen LogP contribution in [0, 0.1) is 18.6 Å². The summed E-state index contributed by atoms with van der Waals surface area (Å²) >= 11 is 0. The number of rotatable bonds is 7. The van der Waals surface area contributed by atoms with Crippen LogP contribution < -0.4 is 24.4 Å². The van der Waals surface area contributed by atoms with Gasteiger partial charge >= 0.3 is 12.3 Å². The Morgan fingerprint density at radius 3 is 2.28 bits per heavy atom. The molecule has 1 heterocycles. The topological polar surface area (TPSA) is 114 Å². The van der Waals surface area contributed by atoms with E-state index in [-0.39, 0.29) is 27.6 Å². The minimum Gasteiger partial charge on any atom is -0.395 e. The zero-order chi connectivity index (χ0) is 28.5. The SMILES string of the molecule is Cc1ccccc1S(=O)(=O)NC(=O)N[C@@H](Cc1cc(F)cc(F)c1)C(=O)N(C)c1ccc2c(c1)OC(F)(F)O2. The summed E-state index contributed by atoms with van der Waals surface area (Å²) in [5, 5.41) is 2.22. The molecule has 3 aromatic carbocycles. The van der Waals surface area contributed by atoms with Gasteiger partial charge in [-0.3, -0.25) is 4.79 Å². The van der Waals surface area contributed by atoms with Crippen molar-refractivity contribution >= 4 is 27.6 Å². The van der Waals surface area contributed by atoms with Crippen molar-refractivity contribution in [2.45, 2.75) is 30.6 Å². The number of benzene rings is 3. The lowest BCUT2D eigenvalue weighted by atomic mass is 10.0. The molecule has 0 saturated carbocycles. The van der Waals surface area contributed by atoms with Crippen molar-refractivity contribution in [3.8, 4) is 11.5 Å². The van der Waals surface area contributed by atoms with Crippen molar-refractivity contribution in [1.29, 1.82) is 0 Å². The summed E-state index contributed by atoms with van der Waals surface area (Å²) in [6.07, 6.45) is -4.34. The van der Waals surface area contributed by atoms with Crippen LogP contribution in [-0.2, 0) is 21.2 Å². The van der Waals surface area contributed by atoms with Crippen LogP contribution in [0.2, 0.25) is 0 Å². The van der Waals surface area contributed by atoms with Crippen LogP contribution >= 0.6 is 0 Å². The first kappa shape index (κ1) is 27.7. The molecule has 39 heavy (non-hydrogen) atoms. The summed E-state index contributed by atoms with van der Waals surface area (Å²) in [7, 11) is -3.10. The van der Waals surface area contributed by atoms with Gasteiger partial charge in [-0.05, 0) is 48.4 Å². The number of ether oxygens (including phenoxy) is 2. The number of halogens is 4. The number of carbonyl (C=O) groups excluding carboxylic acids is 2. The predicted molar refractivity (Wildman–Crippen MR) is 130 cm³/mol. The number of hydrogen-bond donors (Lipinski definition) is 2. The molecule has 0 bridgehead atoms. The summed E-state index contributed by atoms with van der Waals surface area (Å²) in [5.41, 5.74) is 0.380. The molecule has 3 aromatic rings. The van der Waals surface area contributed by atoms with E-state index in [4.69, 9.17) is 0 Å². The van der Waals surface area contributed by atoms with E-state index < -0.39 is 52.4 Å². The Balaban J connectivity index is 1.59. The lowest BCUT2D eigenvalue weighted by Gasteiger charge is -2.25. The second-order valence-electron chi connectivity index (χ2n) is 8.57. The lowest BCUT2D eigenvalue weighted by Crippen LogP contribution is -2.52.